The van der Waals surface area contributed by atoms with Crippen LogP contribution in [0.4, 0.5) is 0 Å². The van der Waals surface area contributed by atoms with Crippen molar-refractivity contribution in [2.24, 2.45) is 5.92 Å². The average molecular weight is 354 g/mol. The number of fused-ring (bicyclic) bond motifs is 2. The van der Waals surface area contributed by atoms with Gasteiger partial charge < -0.3 is 15.3 Å². The highest BCUT2D eigenvalue weighted by Crippen LogP contribution is 2.43. The van der Waals surface area contributed by atoms with Gasteiger partial charge in [0.15, 0.2) is 0 Å². The van der Waals surface area contributed by atoms with Gasteiger partial charge in [-0.25, -0.2) is 0 Å². The number of nitrogens with zero attached hydrogens (tertiary/aromatic N) is 1. The monoisotopic (exact) mass is 354 g/mol. The second-order valence-electron chi connectivity index (χ2n) is 7.49. The van der Waals surface area contributed by atoms with Crippen LogP contribution in [0.2, 0.25) is 0 Å². The number of nitriles is 1. The first-order valence-electron chi connectivity index (χ1n) is 9.63. The summed E-state index contributed by atoms with van der Waals surface area (Å²) in [4.78, 5) is 6.74. The Morgan fingerprint density at radius 1 is 1.04 bits per heavy atom. The molecule has 2 aromatic carbocycles. The molecule has 3 N–H and O–H groups in total. The molecular formula is C23H22N4. The van der Waals surface area contributed by atoms with Crippen molar-refractivity contribution in [3.63, 3.8) is 0 Å². The molecule has 1 atom stereocenters. The third kappa shape index (κ3) is 3.01. The first-order valence-corrected chi connectivity index (χ1v) is 9.63. The molecule has 4 nitrogen and oxygen atoms in total. The summed E-state index contributed by atoms with van der Waals surface area (Å²) in [6.45, 7) is 0.938. The topological polar surface area (TPSA) is 67.4 Å². The zero-order valence-electron chi connectivity index (χ0n) is 15.1. The molecule has 2 aromatic heterocycles. The fraction of sp³-hybridized carbons (Fsp3) is 0.261. The molecule has 0 spiro atoms. The number of aromatic amines is 2. The molecule has 0 radical (unpaired) electrons. The minimum absolute atomic E-state index is 0.345. The first kappa shape index (κ1) is 16.2. The van der Waals surface area contributed by atoms with Gasteiger partial charge in [-0.2, -0.15) is 5.26 Å². The molecule has 5 rings (SSSR count). The van der Waals surface area contributed by atoms with E-state index in [9.17, 15) is 5.26 Å². The van der Waals surface area contributed by atoms with Crippen LogP contribution in [0.25, 0.3) is 21.8 Å². The Morgan fingerprint density at radius 3 is 2.70 bits per heavy atom. The van der Waals surface area contributed by atoms with Gasteiger partial charge in [0.05, 0.1) is 11.6 Å². The second-order valence-corrected chi connectivity index (χ2v) is 7.49. The number of H-pyrrole nitrogens is 2. The quantitative estimate of drug-likeness (QED) is 0.465. The van der Waals surface area contributed by atoms with E-state index < -0.39 is 0 Å². The normalized spacial score (nSPS) is 15.2. The zero-order chi connectivity index (χ0) is 18.2. The van der Waals surface area contributed by atoms with E-state index in [0.29, 0.717) is 12.0 Å². The van der Waals surface area contributed by atoms with Gasteiger partial charge in [0.1, 0.15) is 0 Å². The average Bonchev–Trinajstić information content (AvgIpc) is 3.34. The summed E-state index contributed by atoms with van der Waals surface area (Å²) in [5, 5.41) is 15.5. The van der Waals surface area contributed by atoms with Gasteiger partial charge in [0.2, 0.25) is 0 Å². The molecule has 1 aliphatic rings. The Labute approximate surface area is 158 Å². The van der Waals surface area contributed by atoms with Gasteiger partial charge in [0, 0.05) is 40.2 Å². The molecule has 134 valence electrons. The van der Waals surface area contributed by atoms with E-state index in [0.717, 1.165) is 24.0 Å². The van der Waals surface area contributed by atoms with Crippen LogP contribution in [0.15, 0.2) is 54.9 Å². The zero-order valence-corrected chi connectivity index (χ0v) is 15.1. The highest BCUT2D eigenvalue weighted by atomic mass is 14.9. The molecule has 1 unspecified atom stereocenters. The lowest BCUT2D eigenvalue weighted by Gasteiger charge is -2.18. The third-order valence-corrected chi connectivity index (χ3v) is 5.70. The third-order valence-electron chi connectivity index (χ3n) is 5.70. The molecule has 27 heavy (non-hydrogen) atoms. The Bertz CT molecular complexity index is 1140. The highest BCUT2D eigenvalue weighted by Gasteiger charge is 2.33. The van der Waals surface area contributed by atoms with Crippen LogP contribution >= 0.6 is 0 Å². The molecule has 0 saturated heterocycles. The van der Waals surface area contributed by atoms with Crippen LogP contribution in [0.5, 0.6) is 0 Å². The highest BCUT2D eigenvalue weighted by molar-refractivity contribution is 5.85. The maximum absolute atomic E-state index is 9.24. The molecule has 0 aliphatic heterocycles. The van der Waals surface area contributed by atoms with E-state index in [-0.39, 0.29) is 0 Å². The summed E-state index contributed by atoms with van der Waals surface area (Å²) >= 11 is 0. The molecule has 1 aliphatic carbocycles. The number of para-hydroxylation sites is 1. The van der Waals surface area contributed by atoms with Crippen molar-refractivity contribution in [3.05, 3.63) is 71.5 Å². The fourth-order valence-electron chi connectivity index (χ4n) is 4.13. The van der Waals surface area contributed by atoms with Gasteiger partial charge in [-0.05, 0) is 67.1 Å². The Morgan fingerprint density at radius 2 is 1.85 bits per heavy atom. The van der Waals surface area contributed by atoms with E-state index in [1.54, 1.807) is 0 Å². The number of hydrogen-bond donors (Lipinski definition) is 3. The summed E-state index contributed by atoms with van der Waals surface area (Å²) in [6, 6.07) is 17.0. The summed E-state index contributed by atoms with van der Waals surface area (Å²) in [6.07, 6.45) is 7.79. The molecule has 4 aromatic rings. The largest absolute Gasteiger partial charge is 0.361 e. The summed E-state index contributed by atoms with van der Waals surface area (Å²) in [7, 11) is 0. The van der Waals surface area contributed by atoms with Crippen molar-refractivity contribution in [1.82, 2.24) is 15.3 Å². The molecule has 4 heteroatoms. The molecular weight excluding hydrogens is 332 g/mol. The van der Waals surface area contributed by atoms with E-state index >= 15 is 0 Å². The van der Waals surface area contributed by atoms with Crippen LogP contribution in [-0.2, 0) is 6.42 Å². The van der Waals surface area contributed by atoms with Crippen molar-refractivity contribution in [1.29, 1.82) is 5.26 Å². The van der Waals surface area contributed by atoms with E-state index in [4.69, 9.17) is 0 Å². The van der Waals surface area contributed by atoms with Gasteiger partial charge in [-0.3, -0.25) is 0 Å². The molecule has 0 amide bonds. The lowest BCUT2D eigenvalue weighted by molar-refractivity contribution is 0.488. The molecule has 0 bridgehead atoms. The number of benzene rings is 2. The van der Waals surface area contributed by atoms with E-state index in [1.807, 2.05) is 18.2 Å². The summed E-state index contributed by atoms with van der Waals surface area (Å²) < 4.78 is 0. The van der Waals surface area contributed by atoms with Crippen molar-refractivity contribution in [2.45, 2.75) is 25.3 Å². The van der Waals surface area contributed by atoms with Crippen LogP contribution in [0, 0.1) is 17.2 Å². The van der Waals surface area contributed by atoms with Gasteiger partial charge in [-0.15, -0.1) is 0 Å². The number of nitrogens with one attached hydrogen (secondary N) is 3. The minimum atomic E-state index is 0.345. The van der Waals surface area contributed by atoms with E-state index in [1.165, 1.54) is 40.3 Å². The molecule has 2 heterocycles. The standard InChI is InChI=1S/C23H22N4/c24-12-15-5-8-22-19(11-15)20(14-27-22)23(16-6-7-16)25-10-9-17-13-26-21-4-2-1-3-18(17)21/h1-5,8,11,13-14,16,23,25-27H,6-7,9-10H2. The number of rotatable bonds is 6. The van der Waals surface area contributed by atoms with Crippen LogP contribution in [0.1, 0.15) is 35.6 Å². The summed E-state index contributed by atoms with van der Waals surface area (Å²) in [5.74, 6) is 0.692. The van der Waals surface area contributed by atoms with Crippen molar-refractivity contribution >= 4 is 21.8 Å². The number of hydrogen-bond acceptors (Lipinski definition) is 2. The molecule has 1 saturated carbocycles. The smallest absolute Gasteiger partial charge is 0.0991 e. The minimum Gasteiger partial charge on any atom is -0.361 e. The Hall–Kier alpha value is -3.03. The van der Waals surface area contributed by atoms with Gasteiger partial charge >= 0.3 is 0 Å². The SMILES string of the molecule is N#Cc1ccc2[nH]cc(C(NCCc3c[nH]c4ccccc34)C3CC3)c2c1. The summed E-state index contributed by atoms with van der Waals surface area (Å²) in [5.41, 5.74) is 5.68. The number of aromatic nitrogens is 2. The maximum atomic E-state index is 9.24. The van der Waals surface area contributed by atoms with Crippen LogP contribution < -0.4 is 5.32 Å². The van der Waals surface area contributed by atoms with Crippen LogP contribution in [0.3, 0.4) is 0 Å². The predicted octanol–water partition coefficient (Wildman–Crippen LogP) is 4.80. The Balaban J connectivity index is 1.37. The fourth-order valence-corrected chi connectivity index (χ4v) is 4.13. The van der Waals surface area contributed by atoms with Gasteiger partial charge in [0.25, 0.3) is 0 Å². The van der Waals surface area contributed by atoms with Crippen molar-refractivity contribution in [3.8, 4) is 6.07 Å². The predicted molar refractivity (Wildman–Crippen MR) is 108 cm³/mol. The lowest BCUT2D eigenvalue weighted by atomic mass is 10.00. The lowest BCUT2D eigenvalue weighted by Crippen LogP contribution is -2.25. The van der Waals surface area contributed by atoms with Gasteiger partial charge in [-0.1, -0.05) is 18.2 Å². The van der Waals surface area contributed by atoms with Crippen LogP contribution in [-0.4, -0.2) is 16.5 Å². The maximum Gasteiger partial charge on any atom is 0.0991 e. The first-order chi connectivity index (χ1) is 13.3. The van der Waals surface area contributed by atoms with Crippen molar-refractivity contribution < 1.29 is 0 Å². The second kappa shape index (κ2) is 6.61. The van der Waals surface area contributed by atoms with E-state index in [2.05, 4.69) is 58.0 Å². The Kier molecular flexibility index (Phi) is 3.95. The van der Waals surface area contributed by atoms with Crippen molar-refractivity contribution in [2.75, 3.05) is 6.54 Å². The molecule has 1 fully saturated rings.